The van der Waals surface area contributed by atoms with Crippen molar-refractivity contribution >= 4 is 28.6 Å². The third-order valence-corrected chi connectivity index (χ3v) is 4.49. The summed E-state index contributed by atoms with van der Waals surface area (Å²) in [5, 5.41) is 34.3. The van der Waals surface area contributed by atoms with Gasteiger partial charge in [-0.1, -0.05) is 18.2 Å². The van der Waals surface area contributed by atoms with E-state index < -0.39 is 28.0 Å². The molecule has 1 aliphatic carbocycles. The van der Waals surface area contributed by atoms with Crippen LogP contribution in [0.2, 0.25) is 0 Å². The Bertz CT molecular complexity index is 1170. The van der Waals surface area contributed by atoms with Crippen molar-refractivity contribution < 1.29 is 24.7 Å². The number of nitro benzene ring substituents is 1. The van der Waals surface area contributed by atoms with E-state index in [1.165, 1.54) is 6.07 Å². The molecule has 8 nitrogen and oxygen atoms in total. The van der Waals surface area contributed by atoms with Gasteiger partial charge in [-0.3, -0.25) is 19.7 Å². The second kappa shape index (κ2) is 6.20. The topological polar surface area (TPSA) is 130 Å². The molecule has 3 aromatic carbocycles. The summed E-state index contributed by atoms with van der Waals surface area (Å²) in [7, 11) is 0. The highest BCUT2D eigenvalue weighted by Gasteiger charge is 2.36. The monoisotopic (exact) mass is 376 g/mol. The third-order valence-electron chi connectivity index (χ3n) is 4.49. The van der Waals surface area contributed by atoms with Crippen LogP contribution in [0.15, 0.2) is 54.6 Å². The second-order valence-corrected chi connectivity index (χ2v) is 6.18. The molecule has 28 heavy (non-hydrogen) atoms. The number of ketones is 2. The molecule has 0 aromatic heterocycles. The van der Waals surface area contributed by atoms with Crippen molar-refractivity contribution in [1.29, 1.82) is 0 Å². The van der Waals surface area contributed by atoms with Gasteiger partial charge in [0.2, 0.25) is 0 Å². The predicted octanol–water partition coefficient (Wildman–Crippen LogP) is 3.53. The lowest BCUT2D eigenvalue weighted by molar-refractivity contribution is -0.384. The number of phenolic OH excluding ortho intramolecular Hbond substituents is 2. The average molecular weight is 376 g/mol. The number of hydrogen-bond donors (Lipinski definition) is 3. The molecular formula is C20H12N2O6. The number of hydrogen-bond acceptors (Lipinski definition) is 7. The molecule has 1 aliphatic rings. The summed E-state index contributed by atoms with van der Waals surface area (Å²) in [6.45, 7) is 0. The molecule has 0 unspecified atom stereocenters. The molecular weight excluding hydrogens is 364 g/mol. The Morgan fingerprint density at radius 3 is 2.21 bits per heavy atom. The van der Waals surface area contributed by atoms with Crippen LogP contribution in [0.1, 0.15) is 31.8 Å². The van der Waals surface area contributed by atoms with Gasteiger partial charge in [0.05, 0.1) is 21.7 Å². The van der Waals surface area contributed by atoms with Crippen molar-refractivity contribution in [2.45, 2.75) is 0 Å². The predicted molar refractivity (Wildman–Crippen MR) is 99.5 cm³/mol. The van der Waals surface area contributed by atoms with E-state index in [-0.39, 0.29) is 33.6 Å². The number of non-ortho nitro benzene ring substituents is 1. The van der Waals surface area contributed by atoms with E-state index in [0.29, 0.717) is 5.69 Å². The van der Waals surface area contributed by atoms with E-state index in [1.54, 1.807) is 30.3 Å². The summed E-state index contributed by atoms with van der Waals surface area (Å²) in [5.41, 5.74) is -0.347. The standard InChI is InChI=1S/C20H12N2O6/c23-15-9-14(21-10-4-2-1-3-5-10)16-17(20(15)26)18(24)12-7-6-11(22(27)28)8-13(12)19(16)25/h1-9,21,23,26H. The largest absolute Gasteiger partial charge is 0.504 e. The highest BCUT2D eigenvalue weighted by Crippen LogP contribution is 2.43. The first kappa shape index (κ1) is 17.2. The molecule has 0 amide bonds. The highest BCUT2D eigenvalue weighted by molar-refractivity contribution is 6.31. The number of carbonyl (C=O) groups is 2. The lowest BCUT2D eigenvalue weighted by Crippen LogP contribution is -2.22. The molecule has 0 radical (unpaired) electrons. The van der Waals surface area contributed by atoms with Crippen LogP contribution in [-0.2, 0) is 0 Å². The van der Waals surface area contributed by atoms with E-state index in [2.05, 4.69) is 5.32 Å². The normalized spacial score (nSPS) is 12.3. The van der Waals surface area contributed by atoms with Crippen molar-refractivity contribution in [2.75, 3.05) is 5.32 Å². The van der Waals surface area contributed by atoms with Crippen LogP contribution in [-0.4, -0.2) is 26.7 Å². The van der Waals surface area contributed by atoms with E-state index in [4.69, 9.17) is 0 Å². The molecule has 0 fully saturated rings. The number of carbonyl (C=O) groups excluding carboxylic acids is 2. The number of nitrogens with zero attached hydrogens (tertiary/aromatic N) is 1. The number of benzene rings is 3. The van der Waals surface area contributed by atoms with Gasteiger partial charge in [0, 0.05) is 35.0 Å². The number of rotatable bonds is 3. The van der Waals surface area contributed by atoms with E-state index >= 15 is 0 Å². The van der Waals surface area contributed by atoms with Gasteiger partial charge < -0.3 is 15.5 Å². The number of nitrogens with one attached hydrogen (secondary N) is 1. The first-order chi connectivity index (χ1) is 13.4. The van der Waals surface area contributed by atoms with Crippen molar-refractivity contribution in [3.63, 3.8) is 0 Å². The van der Waals surface area contributed by atoms with E-state index in [9.17, 15) is 29.9 Å². The molecule has 0 bridgehead atoms. The zero-order valence-corrected chi connectivity index (χ0v) is 14.2. The molecule has 138 valence electrons. The van der Waals surface area contributed by atoms with Gasteiger partial charge >= 0.3 is 0 Å². The molecule has 0 saturated carbocycles. The van der Waals surface area contributed by atoms with Crippen molar-refractivity contribution in [3.8, 4) is 11.5 Å². The SMILES string of the molecule is O=C1c2cc([N+](=O)[O-])ccc2C(=O)c2c(O)c(O)cc(Nc3ccccc3)c21. The van der Waals surface area contributed by atoms with Crippen LogP contribution in [0.5, 0.6) is 11.5 Å². The zero-order valence-electron chi connectivity index (χ0n) is 14.2. The average Bonchev–Trinajstić information content (AvgIpc) is 2.69. The minimum atomic E-state index is -0.712. The second-order valence-electron chi connectivity index (χ2n) is 6.18. The summed E-state index contributed by atoms with van der Waals surface area (Å²) < 4.78 is 0. The Hall–Kier alpha value is -4.20. The number of fused-ring (bicyclic) bond motifs is 2. The zero-order chi connectivity index (χ0) is 20.0. The third kappa shape index (κ3) is 2.55. The molecule has 0 atom stereocenters. The van der Waals surface area contributed by atoms with Gasteiger partial charge in [-0.05, 0) is 18.2 Å². The maximum atomic E-state index is 13.1. The van der Waals surface area contributed by atoms with Gasteiger partial charge in [-0.2, -0.15) is 0 Å². The van der Waals surface area contributed by atoms with Crippen LogP contribution in [0.3, 0.4) is 0 Å². The lowest BCUT2D eigenvalue weighted by Gasteiger charge is -2.22. The first-order valence-electron chi connectivity index (χ1n) is 8.17. The lowest BCUT2D eigenvalue weighted by atomic mass is 9.82. The minimum Gasteiger partial charge on any atom is -0.504 e. The van der Waals surface area contributed by atoms with Crippen LogP contribution in [0.4, 0.5) is 17.1 Å². The molecule has 4 rings (SSSR count). The number of anilines is 2. The first-order valence-corrected chi connectivity index (χ1v) is 8.17. The number of para-hydroxylation sites is 1. The van der Waals surface area contributed by atoms with Gasteiger partial charge in [-0.25, -0.2) is 0 Å². The number of phenols is 2. The smallest absolute Gasteiger partial charge is 0.270 e. The fourth-order valence-electron chi connectivity index (χ4n) is 3.19. The Labute approximate surface area is 157 Å². The van der Waals surface area contributed by atoms with Crippen LogP contribution >= 0.6 is 0 Å². The maximum absolute atomic E-state index is 13.1. The summed E-state index contributed by atoms with van der Waals surface area (Å²) in [5.74, 6) is -2.65. The fraction of sp³-hybridized carbons (Fsp3) is 0. The molecule has 0 saturated heterocycles. The Morgan fingerprint density at radius 2 is 1.54 bits per heavy atom. The van der Waals surface area contributed by atoms with Crippen LogP contribution in [0.25, 0.3) is 0 Å². The molecule has 0 aliphatic heterocycles. The van der Waals surface area contributed by atoms with Crippen LogP contribution in [0, 0.1) is 10.1 Å². The summed E-state index contributed by atoms with van der Waals surface area (Å²) in [6.07, 6.45) is 0. The fourth-order valence-corrected chi connectivity index (χ4v) is 3.19. The number of aromatic hydroxyl groups is 2. The van der Waals surface area contributed by atoms with Gasteiger partial charge in [0.25, 0.3) is 5.69 Å². The van der Waals surface area contributed by atoms with Crippen LogP contribution < -0.4 is 5.32 Å². The maximum Gasteiger partial charge on any atom is 0.270 e. The Morgan fingerprint density at radius 1 is 0.857 bits per heavy atom. The van der Waals surface area contributed by atoms with Crippen molar-refractivity contribution in [2.24, 2.45) is 0 Å². The number of nitro groups is 1. The molecule has 0 spiro atoms. The van der Waals surface area contributed by atoms with Gasteiger partial charge in [-0.15, -0.1) is 0 Å². The summed E-state index contributed by atoms with van der Waals surface area (Å²) in [4.78, 5) is 36.4. The van der Waals surface area contributed by atoms with E-state index in [1.807, 2.05) is 0 Å². The molecule has 3 aromatic rings. The highest BCUT2D eigenvalue weighted by atomic mass is 16.6. The van der Waals surface area contributed by atoms with Gasteiger partial charge in [0.1, 0.15) is 0 Å². The van der Waals surface area contributed by atoms with Crippen molar-refractivity contribution in [3.05, 3.63) is 87.0 Å². The Kier molecular flexibility index (Phi) is 3.82. The summed E-state index contributed by atoms with van der Waals surface area (Å²) in [6, 6.07) is 13.2. The van der Waals surface area contributed by atoms with E-state index in [0.717, 1.165) is 18.2 Å². The molecule has 0 heterocycles. The van der Waals surface area contributed by atoms with Gasteiger partial charge in [0.15, 0.2) is 23.1 Å². The quantitative estimate of drug-likeness (QED) is 0.216. The molecule has 8 heteroatoms. The summed E-state index contributed by atoms with van der Waals surface area (Å²) >= 11 is 0. The Balaban J connectivity index is 1.95. The minimum absolute atomic E-state index is 0.0744. The van der Waals surface area contributed by atoms with Crippen molar-refractivity contribution in [1.82, 2.24) is 0 Å². The molecule has 3 N–H and O–H groups in total.